The molecule has 1 saturated heterocycles. The molecule has 0 saturated carbocycles. The number of hydrogen-bond acceptors (Lipinski definition) is 6. The van der Waals surface area contributed by atoms with Gasteiger partial charge in [-0.1, -0.05) is 12.1 Å². The van der Waals surface area contributed by atoms with Gasteiger partial charge < -0.3 is 14.3 Å². The Balaban J connectivity index is 1.48. The largest absolute Gasteiger partial charge is 0.466 e. The summed E-state index contributed by atoms with van der Waals surface area (Å²) in [6.07, 6.45) is 2.61. The molecule has 1 fully saturated rings. The van der Waals surface area contributed by atoms with Crippen molar-refractivity contribution < 1.29 is 13.7 Å². The van der Waals surface area contributed by atoms with Gasteiger partial charge in [0.05, 0.1) is 12.1 Å². The fourth-order valence-electron chi connectivity index (χ4n) is 3.04. The summed E-state index contributed by atoms with van der Waals surface area (Å²) in [5.74, 6) is 2.80. The molecule has 0 aromatic carbocycles. The first kappa shape index (κ1) is 16.7. The van der Waals surface area contributed by atoms with E-state index in [2.05, 4.69) is 20.4 Å². The minimum atomic E-state index is -0.0488. The van der Waals surface area contributed by atoms with Gasteiger partial charge in [0.25, 0.3) is 5.91 Å². The zero-order valence-electron chi connectivity index (χ0n) is 14.5. The lowest BCUT2D eigenvalue weighted by molar-refractivity contribution is 0.0903. The SMILES string of the molecule is CCc1noc(CN2CCC(NC(=O)c3cc(C)oc3C)CC2)n1. The number of nitrogens with one attached hydrogen (secondary N) is 1. The first-order chi connectivity index (χ1) is 11.5. The van der Waals surface area contributed by atoms with Crippen LogP contribution in [0.15, 0.2) is 15.0 Å². The van der Waals surface area contributed by atoms with E-state index >= 15 is 0 Å². The first-order valence-electron chi connectivity index (χ1n) is 8.47. The minimum Gasteiger partial charge on any atom is -0.466 e. The molecule has 0 bridgehead atoms. The van der Waals surface area contributed by atoms with Crippen molar-refractivity contribution in [2.24, 2.45) is 0 Å². The van der Waals surface area contributed by atoms with E-state index in [1.807, 2.05) is 20.8 Å². The summed E-state index contributed by atoms with van der Waals surface area (Å²) >= 11 is 0. The predicted molar refractivity (Wildman–Crippen MR) is 87.6 cm³/mol. The fraction of sp³-hybridized carbons (Fsp3) is 0.588. The van der Waals surface area contributed by atoms with Gasteiger partial charge in [-0.15, -0.1) is 0 Å². The third kappa shape index (κ3) is 3.84. The number of likely N-dealkylation sites (tertiary alicyclic amines) is 1. The molecule has 3 heterocycles. The molecular formula is C17H24N4O3. The van der Waals surface area contributed by atoms with Crippen LogP contribution in [0.2, 0.25) is 0 Å². The normalized spacial score (nSPS) is 16.5. The van der Waals surface area contributed by atoms with Gasteiger partial charge in [0.1, 0.15) is 11.5 Å². The Labute approximate surface area is 141 Å². The monoisotopic (exact) mass is 332 g/mol. The molecule has 1 aliphatic rings. The van der Waals surface area contributed by atoms with E-state index in [4.69, 9.17) is 8.94 Å². The zero-order valence-corrected chi connectivity index (χ0v) is 14.5. The van der Waals surface area contributed by atoms with Crippen LogP contribution in [0.3, 0.4) is 0 Å². The lowest BCUT2D eigenvalue weighted by atomic mass is 10.0. The van der Waals surface area contributed by atoms with Gasteiger partial charge in [0.2, 0.25) is 5.89 Å². The van der Waals surface area contributed by atoms with Gasteiger partial charge >= 0.3 is 0 Å². The molecule has 7 heteroatoms. The van der Waals surface area contributed by atoms with Crippen LogP contribution in [0.25, 0.3) is 0 Å². The summed E-state index contributed by atoms with van der Waals surface area (Å²) in [5.41, 5.74) is 0.632. The average Bonchev–Trinajstić information content (AvgIpc) is 3.15. The predicted octanol–water partition coefficient (Wildman–Crippen LogP) is 2.24. The fourth-order valence-corrected chi connectivity index (χ4v) is 3.04. The zero-order chi connectivity index (χ0) is 17.1. The maximum absolute atomic E-state index is 12.3. The highest BCUT2D eigenvalue weighted by Crippen LogP contribution is 2.17. The molecule has 1 amide bonds. The number of piperidine rings is 1. The second kappa shape index (κ2) is 7.17. The van der Waals surface area contributed by atoms with Crippen molar-refractivity contribution in [3.05, 3.63) is 34.9 Å². The van der Waals surface area contributed by atoms with E-state index in [-0.39, 0.29) is 11.9 Å². The number of aryl methyl sites for hydroxylation is 3. The number of carbonyl (C=O) groups is 1. The molecule has 7 nitrogen and oxygen atoms in total. The third-order valence-corrected chi connectivity index (χ3v) is 4.39. The summed E-state index contributed by atoms with van der Waals surface area (Å²) in [5, 5.41) is 7.03. The molecule has 3 rings (SSSR count). The van der Waals surface area contributed by atoms with Crippen LogP contribution in [0.4, 0.5) is 0 Å². The van der Waals surface area contributed by atoms with Gasteiger partial charge in [-0.2, -0.15) is 4.98 Å². The van der Waals surface area contributed by atoms with Crippen LogP contribution in [-0.2, 0) is 13.0 Å². The van der Waals surface area contributed by atoms with Crippen molar-refractivity contribution >= 4 is 5.91 Å². The summed E-state index contributed by atoms with van der Waals surface area (Å²) in [6.45, 7) is 8.15. The Morgan fingerprint density at radius 1 is 1.38 bits per heavy atom. The molecular weight excluding hydrogens is 308 g/mol. The molecule has 0 atom stereocenters. The van der Waals surface area contributed by atoms with E-state index in [1.54, 1.807) is 6.07 Å². The molecule has 130 valence electrons. The highest BCUT2D eigenvalue weighted by molar-refractivity contribution is 5.95. The van der Waals surface area contributed by atoms with Gasteiger partial charge in [0, 0.05) is 25.6 Å². The smallest absolute Gasteiger partial charge is 0.255 e. The van der Waals surface area contributed by atoms with Gasteiger partial charge in [0.15, 0.2) is 5.82 Å². The number of carbonyl (C=O) groups excluding carboxylic acids is 1. The number of rotatable bonds is 5. The van der Waals surface area contributed by atoms with Crippen molar-refractivity contribution in [3.8, 4) is 0 Å². The van der Waals surface area contributed by atoms with Crippen molar-refractivity contribution in [1.29, 1.82) is 0 Å². The molecule has 1 N–H and O–H groups in total. The molecule has 0 unspecified atom stereocenters. The highest BCUT2D eigenvalue weighted by atomic mass is 16.5. The first-order valence-corrected chi connectivity index (χ1v) is 8.47. The van der Waals surface area contributed by atoms with E-state index in [1.165, 1.54) is 0 Å². The van der Waals surface area contributed by atoms with E-state index in [0.717, 1.165) is 43.9 Å². The van der Waals surface area contributed by atoms with Gasteiger partial charge in [-0.05, 0) is 32.8 Å². The summed E-state index contributed by atoms with van der Waals surface area (Å²) < 4.78 is 10.7. The summed E-state index contributed by atoms with van der Waals surface area (Å²) in [7, 11) is 0. The Kier molecular flexibility index (Phi) is 4.99. The van der Waals surface area contributed by atoms with E-state index in [0.29, 0.717) is 23.8 Å². The number of amides is 1. The number of hydrogen-bond donors (Lipinski definition) is 1. The van der Waals surface area contributed by atoms with Crippen molar-refractivity contribution in [3.63, 3.8) is 0 Å². The van der Waals surface area contributed by atoms with Gasteiger partial charge in [-0.25, -0.2) is 0 Å². The van der Waals surface area contributed by atoms with Crippen LogP contribution >= 0.6 is 0 Å². The molecule has 0 aliphatic carbocycles. The molecule has 0 spiro atoms. The van der Waals surface area contributed by atoms with Crippen LogP contribution < -0.4 is 5.32 Å². The number of aromatic nitrogens is 2. The maximum Gasteiger partial charge on any atom is 0.255 e. The van der Waals surface area contributed by atoms with Crippen molar-refractivity contribution in [2.45, 2.75) is 52.6 Å². The second-order valence-corrected chi connectivity index (χ2v) is 6.31. The summed E-state index contributed by atoms with van der Waals surface area (Å²) in [6, 6.07) is 1.98. The van der Waals surface area contributed by atoms with Crippen LogP contribution in [0, 0.1) is 13.8 Å². The van der Waals surface area contributed by atoms with Crippen molar-refractivity contribution in [1.82, 2.24) is 20.4 Å². The molecule has 2 aromatic heterocycles. The van der Waals surface area contributed by atoms with Crippen molar-refractivity contribution in [2.75, 3.05) is 13.1 Å². The second-order valence-electron chi connectivity index (χ2n) is 6.31. The Morgan fingerprint density at radius 3 is 2.71 bits per heavy atom. The molecule has 24 heavy (non-hydrogen) atoms. The third-order valence-electron chi connectivity index (χ3n) is 4.39. The highest BCUT2D eigenvalue weighted by Gasteiger charge is 2.23. The van der Waals surface area contributed by atoms with E-state index in [9.17, 15) is 4.79 Å². The summed E-state index contributed by atoms with van der Waals surface area (Å²) in [4.78, 5) is 19.0. The Morgan fingerprint density at radius 2 is 2.12 bits per heavy atom. The molecule has 1 aliphatic heterocycles. The van der Waals surface area contributed by atoms with Crippen LogP contribution in [0.5, 0.6) is 0 Å². The maximum atomic E-state index is 12.3. The lowest BCUT2D eigenvalue weighted by Crippen LogP contribution is -2.44. The molecule has 2 aromatic rings. The Bertz CT molecular complexity index is 699. The average molecular weight is 332 g/mol. The minimum absolute atomic E-state index is 0.0488. The van der Waals surface area contributed by atoms with E-state index < -0.39 is 0 Å². The Hall–Kier alpha value is -2.15. The van der Waals surface area contributed by atoms with Crippen LogP contribution in [0.1, 0.15) is 53.4 Å². The van der Waals surface area contributed by atoms with Crippen LogP contribution in [-0.4, -0.2) is 40.1 Å². The topological polar surface area (TPSA) is 84.4 Å². The standard InChI is InChI=1S/C17H24N4O3/c1-4-15-19-16(24-20-15)10-21-7-5-13(6-8-21)18-17(22)14-9-11(2)23-12(14)3/h9,13H,4-8,10H2,1-3H3,(H,18,22). The lowest BCUT2D eigenvalue weighted by Gasteiger charge is -2.31. The molecule has 0 radical (unpaired) electrons. The number of nitrogens with zero attached hydrogens (tertiary/aromatic N) is 3. The van der Waals surface area contributed by atoms with Gasteiger partial charge in [-0.3, -0.25) is 9.69 Å². The quantitative estimate of drug-likeness (QED) is 0.904. The number of furan rings is 1.